The maximum Gasteiger partial charge on any atom is 0.149 e. The normalized spacial score (nSPS) is 12.9. The van der Waals surface area contributed by atoms with E-state index in [2.05, 4.69) is 51.4 Å². The Morgan fingerprint density at radius 2 is 2.35 bits per heavy atom. The van der Waals surface area contributed by atoms with Crippen LogP contribution in [0.3, 0.4) is 0 Å². The highest BCUT2D eigenvalue weighted by Crippen LogP contribution is 2.26. The lowest BCUT2D eigenvalue weighted by Crippen LogP contribution is -2.20. The Balaban J connectivity index is 1.97. The summed E-state index contributed by atoms with van der Waals surface area (Å²) in [4.78, 5) is 2.64. The van der Waals surface area contributed by atoms with Gasteiger partial charge in [-0.05, 0) is 35.8 Å². The number of halogens is 1. The van der Waals surface area contributed by atoms with Crippen LogP contribution in [0.25, 0.3) is 0 Å². The molecule has 0 aliphatic rings. The first-order valence-electron chi connectivity index (χ1n) is 5.40. The summed E-state index contributed by atoms with van der Waals surface area (Å²) in [7, 11) is 1.96. The molecular formula is C11H15BrN4S. The highest BCUT2D eigenvalue weighted by Gasteiger charge is 2.11. The Bertz CT molecular complexity index is 486. The van der Waals surface area contributed by atoms with Gasteiger partial charge in [0.15, 0.2) is 0 Å². The molecule has 0 saturated heterocycles. The van der Waals surface area contributed by atoms with Crippen LogP contribution in [0.2, 0.25) is 0 Å². The second kappa shape index (κ2) is 5.29. The summed E-state index contributed by atoms with van der Waals surface area (Å²) in [6.45, 7) is 5.06. The molecule has 1 atom stereocenters. The molecule has 0 saturated carbocycles. The van der Waals surface area contributed by atoms with E-state index in [1.165, 1.54) is 14.2 Å². The van der Waals surface area contributed by atoms with Crippen LogP contribution in [0.5, 0.6) is 0 Å². The molecule has 0 amide bonds. The predicted molar refractivity (Wildman–Crippen MR) is 73.0 cm³/mol. The van der Waals surface area contributed by atoms with Gasteiger partial charge in [-0.15, -0.1) is 21.5 Å². The molecule has 0 aliphatic heterocycles. The highest BCUT2D eigenvalue weighted by atomic mass is 79.9. The van der Waals surface area contributed by atoms with E-state index in [0.29, 0.717) is 0 Å². The SMILES string of the molecule is Cc1sc(CNC(C)c2nncn2C)cc1Br. The second-order valence-corrected chi connectivity index (χ2v) is 6.21. The van der Waals surface area contributed by atoms with Crippen molar-refractivity contribution in [3.8, 4) is 0 Å². The van der Waals surface area contributed by atoms with E-state index >= 15 is 0 Å². The molecule has 6 heteroatoms. The third kappa shape index (κ3) is 2.94. The van der Waals surface area contributed by atoms with Gasteiger partial charge in [-0.1, -0.05) is 0 Å². The summed E-state index contributed by atoms with van der Waals surface area (Å²) >= 11 is 5.34. The maximum atomic E-state index is 4.10. The van der Waals surface area contributed by atoms with Crippen molar-refractivity contribution in [2.75, 3.05) is 0 Å². The number of rotatable bonds is 4. The average molecular weight is 315 g/mol. The molecular weight excluding hydrogens is 300 g/mol. The van der Waals surface area contributed by atoms with Crippen molar-refractivity contribution in [1.29, 1.82) is 0 Å². The molecule has 0 bridgehead atoms. The van der Waals surface area contributed by atoms with E-state index in [0.717, 1.165) is 12.4 Å². The first kappa shape index (κ1) is 12.7. The van der Waals surface area contributed by atoms with E-state index in [9.17, 15) is 0 Å². The van der Waals surface area contributed by atoms with Crippen LogP contribution in [0.15, 0.2) is 16.9 Å². The van der Waals surface area contributed by atoms with Gasteiger partial charge in [0.1, 0.15) is 12.2 Å². The first-order valence-corrected chi connectivity index (χ1v) is 7.01. The largest absolute Gasteiger partial charge is 0.319 e. The zero-order valence-electron chi connectivity index (χ0n) is 10.1. The molecule has 0 radical (unpaired) electrons. The molecule has 4 nitrogen and oxygen atoms in total. The van der Waals surface area contributed by atoms with Gasteiger partial charge in [-0.2, -0.15) is 0 Å². The summed E-state index contributed by atoms with van der Waals surface area (Å²) < 4.78 is 3.12. The number of nitrogens with zero attached hydrogens (tertiary/aromatic N) is 3. The molecule has 2 heterocycles. The van der Waals surface area contributed by atoms with Crippen LogP contribution in [0.1, 0.15) is 28.5 Å². The number of nitrogens with one attached hydrogen (secondary N) is 1. The van der Waals surface area contributed by atoms with Gasteiger partial charge in [0.05, 0.1) is 6.04 Å². The summed E-state index contributed by atoms with van der Waals surface area (Å²) in [6, 6.07) is 2.36. The van der Waals surface area contributed by atoms with Gasteiger partial charge in [0, 0.05) is 27.8 Å². The van der Waals surface area contributed by atoms with Crippen molar-refractivity contribution in [2.45, 2.75) is 26.4 Å². The Labute approximate surface area is 113 Å². The van der Waals surface area contributed by atoms with E-state index in [1.807, 2.05) is 11.6 Å². The van der Waals surface area contributed by atoms with Gasteiger partial charge >= 0.3 is 0 Å². The van der Waals surface area contributed by atoms with E-state index < -0.39 is 0 Å². The molecule has 92 valence electrons. The first-order chi connectivity index (χ1) is 8.08. The molecule has 2 rings (SSSR count). The lowest BCUT2D eigenvalue weighted by atomic mass is 10.3. The molecule has 2 aromatic rings. The lowest BCUT2D eigenvalue weighted by molar-refractivity contribution is 0.531. The molecule has 17 heavy (non-hydrogen) atoms. The second-order valence-electron chi connectivity index (χ2n) is 4.02. The van der Waals surface area contributed by atoms with Crippen molar-refractivity contribution in [1.82, 2.24) is 20.1 Å². The van der Waals surface area contributed by atoms with E-state index in [4.69, 9.17) is 0 Å². The fourth-order valence-electron chi connectivity index (χ4n) is 1.63. The van der Waals surface area contributed by atoms with Crippen LogP contribution in [-0.2, 0) is 13.6 Å². The maximum absolute atomic E-state index is 4.10. The number of hydrogen-bond acceptors (Lipinski definition) is 4. The number of hydrogen-bond donors (Lipinski definition) is 1. The van der Waals surface area contributed by atoms with Crippen LogP contribution >= 0.6 is 27.3 Å². The molecule has 1 unspecified atom stereocenters. The quantitative estimate of drug-likeness (QED) is 0.943. The predicted octanol–water partition coefficient (Wildman–Crippen LogP) is 2.80. The summed E-state index contributed by atoms with van der Waals surface area (Å²) in [5.41, 5.74) is 0. The molecule has 0 spiro atoms. The van der Waals surface area contributed by atoms with E-state index in [1.54, 1.807) is 17.7 Å². The van der Waals surface area contributed by atoms with Gasteiger partial charge < -0.3 is 9.88 Å². The minimum atomic E-state index is 0.198. The van der Waals surface area contributed by atoms with E-state index in [-0.39, 0.29) is 6.04 Å². The molecule has 1 N–H and O–H groups in total. The van der Waals surface area contributed by atoms with Gasteiger partial charge in [0.2, 0.25) is 0 Å². The van der Waals surface area contributed by atoms with Crippen molar-refractivity contribution in [3.05, 3.63) is 32.4 Å². The molecule has 2 aromatic heterocycles. The van der Waals surface area contributed by atoms with Crippen LogP contribution < -0.4 is 5.32 Å². The van der Waals surface area contributed by atoms with Gasteiger partial charge in [-0.25, -0.2) is 0 Å². The minimum absolute atomic E-state index is 0.198. The topological polar surface area (TPSA) is 42.7 Å². The number of thiophene rings is 1. The standard InChI is InChI=1S/C11H15BrN4S/c1-7(11-15-14-6-16(11)3)13-5-9-4-10(12)8(2)17-9/h4,6-7,13H,5H2,1-3H3. The van der Waals surface area contributed by atoms with Crippen LogP contribution in [-0.4, -0.2) is 14.8 Å². The highest BCUT2D eigenvalue weighted by molar-refractivity contribution is 9.10. The summed E-state index contributed by atoms with van der Waals surface area (Å²) in [5, 5.41) is 11.4. The smallest absolute Gasteiger partial charge is 0.149 e. The monoisotopic (exact) mass is 314 g/mol. The summed E-state index contributed by atoms with van der Waals surface area (Å²) in [6.07, 6.45) is 1.72. The third-order valence-electron chi connectivity index (χ3n) is 2.62. The third-order valence-corrected chi connectivity index (χ3v) is 4.76. The van der Waals surface area contributed by atoms with Gasteiger partial charge in [0.25, 0.3) is 0 Å². The van der Waals surface area contributed by atoms with Crippen molar-refractivity contribution in [3.63, 3.8) is 0 Å². The van der Waals surface area contributed by atoms with Crippen LogP contribution in [0.4, 0.5) is 0 Å². The Morgan fingerprint density at radius 3 is 2.88 bits per heavy atom. The van der Waals surface area contributed by atoms with Crippen molar-refractivity contribution >= 4 is 27.3 Å². The minimum Gasteiger partial charge on any atom is -0.319 e. The average Bonchev–Trinajstić information content (AvgIpc) is 2.83. The number of aryl methyl sites for hydroxylation is 2. The lowest BCUT2D eigenvalue weighted by Gasteiger charge is -2.11. The Hall–Kier alpha value is -0.720. The Kier molecular flexibility index (Phi) is 3.96. The molecule has 0 aliphatic carbocycles. The zero-order chi connectivity index (χ0) is 12.4. The van der Waals surface area contributed by atoms with Crippen LogP contribution in [0, 0.1) is 6.92 Å². The van der Waals surface area contributed by atoms with Crippen molar-refractivity contribution in [2.24, 2.45) is 7.05 Å². The fraction of sp³-hybridized carbons (Fsp3) is 0.455. The van der Waals surface area contributed by atoms with Crippen molar-refractivity contribution < 1.29 is 0 Å². The Morgan fingerprint density at radius 1 is 1.59 bits per heavy atom. The van der Waals surface area contributed by atoms with Gasteiger partial charge in [-0.3, -0.25) is 0 Å². The molecule has 0 aromatic carbocycles. The molecule has 0 fully saturated rings. The number of aromatic nitrogens is 3. The summed E-state index contributed by atoms with van der Waals surface area (Å²) in [5.74, 6) is 0.956. The zero-order valence-corrected chi connectivity index (χ0v) is 12.5. The fourth-order valence-corrected chi connectivity index (χ4v) is 3.19.